The third kappa shape index (κ3) is 4.03. The van der Waals surface area contributed by atoms with Crippen LogP contribution in [0.1, 0.15) is 11.1 Å². The predicted molar refractivity (Wildman–Crippen MR) is 96.0 cm³/mol. The van der Waals surface area contributed by atoms with Gasteiger partial charge in [0, 0.05) is 6.08 Å². The molecule has 0 spiro atoms. The summed E-state index contributed by atoms with van der Waals surface area (Å²) in [5, 5.41) is 0.480. The number of esters is 1. The summed E-state index contributed by atoms with van der Waals surface area (Å²) in [7, 11) is 2.88. The molecule has 0 saturated carbocycles. The van der Waals surface area contributed by atoms with Crippen LogP contribution in [0, 0.1) is 0 Å². The molecular formula is C19H17ClO6. The predicted octanol–water partition coefficient (Wildman–Crippen LogP) is 3.84. The van der Waals surface area contributed by atoms with Gasteiger partial charge < -0.3 is 23.7 Å². The molecule has 2 aromatic rings. The van der Waals surface area contributed by atoms with Crippen molar-refractivity contribution in [3.8, 4) is 23.0 Å². The molecule has 1 aliphatic heterocycles. The van der Waals surface area contributed by atoms with E-state index in [9.17, 15) is 4.79 Å². The second-order valence-corrected chi connectivity index (χ2v) is 5.77. The van der Waals surface area contributed by atoms with Gasteiger partial charge in [0.1, 0.15) is 6.61 Å². The molecular weight excluding hydrogens is 360 g/mol. The number of halogens is 1. The Morgan fingerprint density at radius 2 is 2.04 bits per heavy atom. The van der Waals surface area contributed by atoms with Gasteiger partial charge in [-0.1, -0.05) is 17.7 Å². The lowest BCUT2D eigenvalue weighted by molar-refractivity contribution is -0.134. The summed E-state index contributed by atoms with van der Waals surface area (Å²) in [5.74, 6) is 1.84. The highest BCUT2D eigenvalue weighted by Crippen LogP contribution is 2.40. The minimum Gasteiger partial charge on any atom is -0.493 e. The molecule has 0 amide bonds. The van der Waals surface area contributed by atoms with Crippen LogP contribution in [0.2, 0.25) is 5.02 Å². The lowest BCUT2D eigenvalue weighted by Crippen LogP contribution is -1.98. The Kier molecular flexibility index (Phi) is 5.53. The fraction of sp³-hybridized carbons (Fsp3) is 0.211. The summed E-state index contributed by atoms with van der Waals surface area (Å²) in [6.07, 6.45) is 2.97. The Morgan fingerprint density at radius 1 is 1.19 bits per heavy atom. The van der Waals surface area contributed by atoms with Crippen LogP contribution in [0.4, 0.5) is 0 Å². The summed E-state index contributed by atoms with van der Waals surface area (Å²) in [6.45, 7) is 0.442. The topological polar surface area (TPSA) is 63.2 Å². The van der Waals surface area contributed by atoms with E-state index in [-0.39, 0.29) is 13.4 Å². The number of carbonyl (C=O) groups is 1. The van der Waals surface area contributed by atoms with Gasteiger partial charge in [-0.2, -0.15) is 0 Å². The molecule has 1 heterocycles. The van der Waals surface area contributed by atoms with Crippen molar-refractivity contribution in [1.29, 1.82) is 0 Å². The van der Waals surface area contributed by atoms with Crippen molar-refractivity contribution < 1.29 is 28.5 Å². The van der Waals surface area contributed by atoms with Crippen LogP contribution in [0.3, 0.4) is 0 Å². The van der Waals surface area contributed by atoms with Crippen molar-refractivity contribution in [3.63, 3.8) is 0 Å². The van der Waals surface area contributed by atoms with Gasteiger partial charge >= 0.3 is 5.97 Å². The molecule has 0 unspecified atom stereocenters. The summed E-state index contributed by atoms with van der Waals surface area (Å²) < 4.78 is 26.4. The maximum atomic E-state index is 11.2. The molecule has 136 valence electrons. The molecule has 1 aliphatic rings. The molecule has 0 N–H and O–H groups in total. The highest BCUT2D eigenvalue weighted by Gasteiger charge is 2.18. The Balaban J connectivity index is 1.73. The van der Waals surface area contributed by atoms with E-state index in [0.29, 0.717) is 28.0 Å². The van der Waals surface area contributed by atoms with Crippen LogP contribution in [0.15, 0.2) is 36.4 Å². The minimum atomic E-state index is -0.427. The Hall–Kier alpha value is -2.86. The number of methoxy groups -OCH3 is 2. The van der Waals surface area contributed by atoms with E-state index in [2.05, 4.69) is 4.74 Å². The first-order chi connectivity index (χ1) is 12.6. The molecule has 0 radical (unpaired) electrons. The summed E-state index contributed by atoms with van der Waals surface area (Å²) in [5.41, 5.74) is 1.63. The largest absolute Gasteiger partial charge is 0.493 e. The van der Waals surface area contributed by atoms with E-state index in [1.165, 1.54) is 13.2 Å². The average molecular weight is 377 g/mol. The molecule has 0 aliphatic carbocycles. The van der Waals surface area contributed by atoms with Gasteiger partial charge in [-0.15, -0.1) is 0 Å². The summed E-state index contributed by atoms with van der Waals surface area (Å²) in [4.78, 5) is 11.2. The van der Waals surface area contributed by atoms with E-state index in [1.807, 2.05) is 12.1 Å². The highest BCUT2D eigenvalue weighted by atomic mass is 35.5. The van der Waals surface area contributed by atoms with Crippen LogP contribution in [-0.4, -0.2) is 27.0 Å². The number of fused-ring (bicyclic) bond motifs is 1. The smallest absolute Gasteiger partial charge is 0.330 e. The zero-order valence-electron chi connectivity index (χ0n) is 14.3. The Morgan fingerprint density at radius 3 is 2.81 bits per heavy atom. The van der Waals surface area contributed by atoms with Crippen LogP contribution in [-0.2, 0) is 16.1 Å². The third-order valence-corrected chi connectivity index (χ3v) is 3.96. The highest BCUT2D eigenvalue weighted by molar-refractivity contribution is 6.32. The number of hydrogen-bond donors (Lipinski definition) is 0. The van der Waals surface area contributed by atoms with Gasteiger partial charge in [0.25, 0.3) is 0 Å². The first-order valence-corrected chi connectivity index (χ1v) is 8.13. The van der Waals surface area contributed by atoms with E-state index < -0.39 is 5.97 Å². The third-order valence-electron chi connectivity index (χ3n) is 3.68. The molecule has 7 heteroatoms. The maximum absolute atomic E-state index is 11.2. The molecule has 0 saturated heterocycles. The van der Waals surface area contributed by atoms with Crippen LogP contribution in [0.25, 0.3) is 6.08 Å². The van der Waals surface area contributed by atoms with Gasteiger partial charge in [-0.3, -0.25) is 0 Å². The molecule has 0 bridgehead atoms. The zero-order chi connectivity index (χ0) is 18.5. The summed E-state index contributed by atoms with van der Waals surface area (Å²) in [6, 6.07) is 8.94. The average Bonchev–Trinajstić information content (AvgIpc) is 3.13. The van der Waals surface area contributed by atoms with Crippen molar-refractivity contribution >= 4 is 23.6 Å². The molecule has 0 aromatic heterocycles. The quantitative estimate of drug-likeness (QED) is 0.563. The monoisotopic (exact) mass is 376 g/mol. The minimum absolute atomic E-state index is 0.160. The number of ether oxygens (including phenoxy) is 5. The molecule has 6 nitrogen and oxygen atoms in total. The SMILES string of the molecule is COC(=O)/C=C/c1ccc(OCc2cc(Cl)c3c(c2)OCO3)c(OC)c1. The molecule has 26 heavy (non-hydrogen) atoms. The second-order valence-electron chi connectivity index (χ2n) is 5.37. The lowest BCUT2D eigenvalue weighted by atomic mass is 10.2. The maximum Gasteiger partial charge on any atom is 0.330 e. The van der Waals surface area contributed by atoms with Crippen LogP contribution in [0.5, 0.6) is 23.0 Å². The second kappa shape index (κ2) is 8.01. The van der Waals surface area contributed by atoms with Gasteiger partial charge in [0.2, 0.25) is 6.79 Å². The van der Waals surface area contributed by atoms with Crippen molar-refractivity contribution in [2.75, 3.05) is 21.0 Å². The number of rotatable bonds is 6. The normalized spacial score (nSPS) is 12.3. The van der Waals surface area contributed by atoms with Gasteiger partial charge in [-0.25, -0.2) is 4.79 Å². The van der Waals surface area contributed by atoms with Gasteiger partial charge in [0.05, 0.1) is 19.2 Å². The van der Waals surface area contributed by atoms with Crippen LogP contribution >= 0.6 is 11.6 Å². The fourth-order valence-corrected chi connectivity index (χ4v) is 2.69. The van der Waals surface area contributed by atoms with Crippen molar-refractivity contribution in [3.05, 3.63) is 52.6 Å². The number of carbonyl (C=O) groups excluding carboxylic acids is 1. The van der Waals surface area contributed by atoms with Crippen molar-refractivity contribution in [2.24, 2.45) is 0 Å². The standard InChI is InChI=1S/C19H17ClO6/c1-22-16-8-12(4-6-18(21)23-2)3-5-15(16)24-10-13-7-14(20)19-17(9-13)25-11-26-19/h3-9H,10-11H2,1-2H3/b6-4+. The van der Waals surface area contributed by atoms with Gasteiger partial charge in [0.15, 0.2) is 23.0 Å². The Bertz CT molecular complexity index is 846. The van der Waals surface area contributed by atoms with E-state index in [0.717, 1.165) is 11.1 Å². The first-order valence-electron chi connectivity index (χ1n) is 7.75. The van der Waals surface area contributed by atoms with E-state index >= 15 is 0 Å². The van der Waals surface area contributed by atoms with Gasteiger partial charge in [-0.05, 0) is 41.5 Å². The van der Waals surface area contributed by atoms with E-state index in [1.54, 1.807) is 31.4 Å². The number of hydrogen-bond acceptors (Lipinski definition) is 6. The molecule has 2 aromatic carbocycles. The van der Waals surface area contributed by atoms with Crippen molar-refractivity contribution in [2.45, 2.75) is 6.61 Å². The fourth-order valence-electron chi connectivity index (χ4n) is 2.40. The number of benzene rings is 2. The van der Waals surface area contributed by atoms with Crippen LogP contribution < -0.4 is 18.9 Å². The van der Waals surface area contributed by atoms with Crippen molar-refractivity contribution in [1.82, 2.24) is 0 Å². The lowest BCUT2D eigenvalue weighted by Gasteiger charge is -2.12. The molecule has 3 rings (SSSR count). The Labute approximate surface area is 155 Å². The molecule has 0 atom stereocenters. The zero-order valence-corrected chi connectivity index (χ0v) is 15.0. The summed E-state index contributed by atoms with van der Waals surface area (Å²) >= 11 is 6.18. The molecule has 0 fully saturated rings. The first kappa shape index (κ1) is 17.9. The van der Waals surface area contributed by atoms with E-state index in [4.69, 9.17) is 30.5 Å².